The highest BCUT2D eigenvalue weighted by molar-refractivity contribution is 5.95. The van der Waals surface area contributed by atoms with Crippen LogP contribution in [-0.4, -0.2) is 28.2 Å². The maximum Gasteiger partial charge on any atom is 0.269 e. The largest absolute Gasteiger partial charge is 0.361 e. The van der Waals surface area contributed by atoms with E-state index in [1.807, 2.05) is 36.5 Å². The van der Waals surface area contributed by atoms with Crippen LogP contribution in [-0.2, 0) is 6.42 Å². The van der Waals surface area contributed by atoms with Gasteiger partial charge in [0.1, 0.15) is 5.69 Å². The number of para-hydroxylation sites is 1. The van der Waals surface area contributed by atoms with Crippen LogP contribution in [0.15, 0.2) is 73.1 Å². The second kappa shape index (κ2) is 8.61. The normalized spacial score (nSPS) is 10.7. The van der Waals surface area contributed by atoms with Gasteiger partial charge in [0.25, 0.3) is 5.91 Å². The van der Waals surface area contributed by atoms with Gasteiger partial charge in [-0.1, -0.05) is 30.3 Å². The van der Waals surface area contributed by atoms with Crippen molar-refractivity contribution < 1.29 is 9.59 Å². The van der Waals surface area contributed by atoms with Gasteiger partial charge in [-0.2, -0.15) is 0 Å². The Hall–Kier alpha value is -3.93. The maximum atomic E-state index is 12.5. The lowest BCUT2D eigenvalue weighted by atomic mass is 10.1. The lowest BCUT2D eigenvalue weighted by Gasteiger charge is -2.09. The minimum absolute atomic E-state index is 0.00338. The van der Waals surface area contributed by atoms with E-state index in [1.165, 1.54) is 17.9 Å². The Bertz CT molecular complexity index is 1210. The number of hydrogen-bond donors (Lipinski definition) is 3. The number of ketones is 1. The fourth-order valence-electron chi connectivity index (χ4n) is 3.35. The van der Waals surface area contributed by atoms with Crippen LogP contribution >= 0.6 is 0 Å². The summed E-state index contributed by atoms with van der Waals surface area (Å²) in [5, 5.41) is 7.32. The zero-order chi connectivity index (χ0) is 20.9. The van der Waals surface area contributed by atoms with E-state index in [0.29, 0.717) is 17.8 Å². The number of fused-ring (bicyclic) bond motifs is 1. The van der Waals surface area contributed by atoms with Crippen LogP contribution in [0.5, 0.6) is 0 Å². The number of aromatic amines is 1. The van der Waals surface area contributed by atoms with Gasteiger partial charge in [0, 0.05) is 46.8 Å². The molecule has 0 saturated heterocycles. The minimum atomic E-state index is -0.226. The Morgan fingerprint density at radius 1 is 1.00 bits per heavy atom. The summed E-state index contributed by atoms with van der Waals surface area (Å²) in [7, 11) is 0. The first-order valence-corrected chi connectivity index (χ1v) is 9.77. The third kappa shape index (κ3) is 4.38. The fourth-order valence-corrected chi connectivity index (χ4v) is 3.35. The molecule has 150 valence electrons. The van der Waals surface area contributed by atoms with Gasteiger partial charge in [-0.3, -0.25) is 14.6 Å². The van der Waals surface area contributed by atoms with Gasteiger partial charge in [-0.05, 0) is 49.2 Å². The summed E-state index contributed by atoms with van der Waals surface area (Å²) in [5.41, 5.74) is 4.73. The minimum Gasteiger partial charge on any atom is -0.361 e. The number of carbonyl (C=O) groups excluding carboxylic acids is 2. The van der Waals surface area contributed by atoms with E-state index in [-0.39, 0.29) is 11.7 Å². The lowest BCUT2D eigenvalue weighted by Crippen LogP contribution is -2.26. The average Bonchev–Trinajstić information content (AvgIpc) is 3.17. The second-order valence-corrected chi connectivity index (χ2v) is 7.06. The van der Waals surface area contributed by atoms with Crippen LogP contribution in [0.3, 0.4) is 0 Å². The van der Waals surface area contributed by atoms with E-state index in [0.717, 1.165) is 23.3 Å². The summed E-state index contributed by atoms with van der Waals surface area (Å²) in [6.45, 7) is 2.05. The number of benzene rings is 2. The summed E-state index contributed by atoms with van der Waals surface area (Å²) in [6, 6.07) is 18.8. The van der Waals surface area contributed by atoms with Crippen molar-refractivity contribution in [2.75, 3.05) is 11.9 Å². The molecule has 0 saturated carbocycles. The zero-order valence-electron chi connectivity index (χ0n) is 16.6. The first kappa shape index (κ1) is 19.4. The number of amides is 1. The quantitative estimate of drug-likeness (QED) is 0.401. The van der Waals surface area contributed by atoms with E-state index in [1.54, 1.807) is 30.5 Å². The molecule has 0 aliphatic carbocycles. The molecule has 0 fully saturated rings. The van der Waals surface area contributed by atoms with Crippen molar-refractivity contribution in [1.29, 1.82) is 0 Å². The third-order valence-electron chi connectivity index (χ3n) is 4.91. The Morgan fingerprint density at radius 3 is 2.70 bits per heavy atom. The van der Waals surface area contributed by atoms with Gasteiger partial charge < -0.3 is 15.6 Å². The predicted molar refractivity (Wildman–Crippen MR) is 118 cm³/mol. The van der Waals surface area contributed by atoms with Gasteiger partial charge >= 0.3 is 0 Å². The highest BCUT2D eigenvalue weighted by atomic mass is 16.1. The van der Waals surface area contributed by atoms with Crippen molar-refractivity contribution in [3.05, 3.63) is 89.9 Å². The Balaban J connectivity index is 1.39. The summed E-state index contributed by atoms with van der Waals surface area (Å²) in [4.78, 5) is 31.5. The average molecular weight is 398 g/mol. The molecule has 4 aromatic rings. The molecule has 0 aliphatic heterocycles. The van der Waals surface area contributed by atoms with Gasteiger partial charge in [0.05, 0.1) is 0 Å². The highest BCUT2D eigenvalue weighted by Gasteiger charge is 2.09. The molecule has 4 rings (SSSR count). The predicted octanol–water partition coefficient (Wildman–Crippen LogP) is 4.48. The molecule has 2 aromatic heterocycles. The standard InChI is InChI=1S/C24H22N4O2/c1-16(29)17-5-4-6-19(13-17)28-20-10-12-25-23(14-20)24(30)26-11-9-18-15-27-22-8-3-2-7-21(18)22/h2-8,10,12-15,27H,9,11H2,1H3,(H,25,28)(H,26,30). The van der Waals surface area contributed by atoms with Crippen molar-refractivity contribution in [1.82, 2.24) is 15.3 Å². The Morgan fingerprint density at radius 2 is 1.83 bits per heavy atom. The van der Waals surface area contributed by atoms with E-state index in [9.17, 15) is 9.59 Å². The van der Waals surface area contributed by atoms with Crippen molar-refractivity contribution >= 4 is 34.0 Å². The van der Waals surface area contributed by atoms with Gasteiger partial charge in [0.2, 0.25) is 0 Å². The molecule has 0 radical (unpaired) electrons. The van der Waals surface area contributed by atoms with E-state index >= 15 is 0 Å². The molecule has 30 heavy (non-hydrogen) atoms. The number of anilines is 2. The van der Waals surface area contributed by atoms with Crippen LogP contribution in [0.1, 0.15) is 33.3 Å². The topological polar surface area (TPSA) is 86.9 Å². The first-order chi connectivity index (χ1) is 14.6. The smallest absolute Gasteiger partial charge is 0.269 e. The molecule has 0 spiro atoms. The molecule has 6 nitrogen and oxygen atoms in total. The number of carbonyl (C=O) groups is 2. The molecule has 6 heteroatoms. The number of nitrogens with one attached hydrogen (secondary N) is 3. The molecule has 0 aliphatic rings. The highest BCUT2D eigenvalue weighted by Crippen LogP contribution is 2.19. The SMILES string of the molecule is CC(=O)c1cccc(Nc2ccnc(C(=O)NCCc3c[nH]c4ccccc34)c2)c1. The molecule has 0 atom stereocenters. The molecular weight excluding hydrogens is 376 g/mol. The number of rotatable bonds is 7. The summed E-state index contributed by atoms with van der Waals surface area (Å²) in [6.07, 6.45) is 4.30. The maximum absolute atomic E-state index is 12.5. The number of nitrogens with zero attached hydrogens (tertiary/aromatic N) is 1. The number of aromatic nitrogens is 2. The number of Topliss-reactive ketones (excluding diaryl/α,β-unsaturated/α-hetero) is 1. The van der Waals surface area contributed by atoms with E-state index < -0.39 is 0 Å². The first-order valence-electron chi connectivity index (χ1n) is 9.77. The van der Waals surface area contributed by atoms with Gasteiger partial charge in [0.15, 0.2) is 5.78 Å². The molecule has 1 amide bonds. The Labute approximate surface area is 174 Å². The lowest BCUT2D eigenvalue weighted by molar-refractivity contribution is 0.0948. The summed E-state index contributed by atoms with van der Waals surface area (Å²) >= 11 is 0. The van der Waals surface area contributed by atoms with Crippen molar-refractivity contribution in [2.24, 2.45) is 0 Å². The zero-order valence-corrected chi connectivity index (χ0v) is 16.6. The number of H-pyrrole nitrogens is 1. The molecule has 2 heterocycles. The van der Waals surface area contributed by atoms with Crippen molar-refractivity contribution in [2.45, 2.75) is 13.3 Å². The van der Waals surface area contributed by atoms with Gasteiger partial charge in [-0.25, -0.2) is 0 Å². The van der Waals surface area contributed by atoms with Crippen LogP contribution in [0.2, 0.25) is 0 Å². The fraction of sp³-hybridized carbons (Fsp3) is 0.125. The van der Waals surface area contributed by atoms with Crippen molar-refractivity contribution in [3.8, 4) is 0 Å². The molecule has 3 N–H and O–H groups in total. The summed E-state index contributed by atoms with van der Waals surface area (Å²) < 4.78 is 0. The molecular formula is C24H22N4O2. The van der Waals surface area contributed by atoms with Crippen LogP contribution in [0.25, 0.3) is 10.9 Å². The monoisotopic (exact) mass is 398 g/mol. The van der Waals surface area contributed by atoms with Crippen LogP contribution in [0.4, 0.5) is 11.4 Å². The molecule has 0 unspecified atom stereocenters. The van der Waals surface area contributed by atoms with Crippen LogP contribution < -0.4 is 10.6 Å². The Kier molecular flexibility index (Phi) is 5.57. The van der Waals surface area contributed by atoms with E-state index in [2.05, 4.69) is 26.7 Å². The second-order valence-electron chi connectivity index (χ2n) is 7.06. The third-order valence-corrected chi connectivity index (χ3v) is 4.91. The van der Waals surface area contributed by atoms with E-state index in [4.69, 9.17) is 0 Å². The number of hydrogen-bond acceptors (Lipinski definition) is 4. The van der Waals surface area contributed by atoms with Crippen molar-refractivity contribution in [3.63, 3.8) is 0 Å². The van der Waals surface area contributed by atoms with Crippen LogP contribution in [0, 0.1) is 0 Å². The van der Waals surface area contributed by atoms with Gasteiger partial charge in [-0.15, -0.1) is 0 Å². The summed E-state index contributed by atoms with van der Waals surface area (Å²) in [5.74, 6) is -0.223. The molecule has 0 bridgehead atoms. The molecule has 2 aromatic carbocycles. The number of pyridine rings is 1.